The van der Waals surface area contributed by atoms with Crippen molar-refractivity contribution in [3.05, 3.63) is 35.0 Å². The molecule has 0 N–H and O–H groups in total. The van der Waals surface area contributed by atoms with E-state index in [2.05, 4.69) is 4.90 Å². The van der Waals surface area contributed by atoms with E-state index in [0.717, 1.165) is 25.9 Å². The van der Waals surface area contributed by atoms with Crippen molar-refractivity contribution < 1.29 is 12.8 Å². The molecule has 0 aromatic heterocycles. The quantitative estimate of drug-likeness (QED) is 0.823. The number of fused-ring (bicyclic) bond motifs is 1. The van der Waals surface area contributed by atoms with Gasteiger partial charge >= 0.3 is 0 Å². The van der Waals surface area contributed by atoms with Crippen LogP contribution in [0.25, 0.3) is 5.57 Å². The minimum Gasteiger partial charge on any atom is -0.299 e. The van der Waals surface area contributed by atoms with Crippen molar-refractivity contribution in [3.8, 4) is 0 Å². The number of likely N-dealkylation sites (tertiary alicyclic amines) is 1. The first kappa shape index (κ1) is 11.9. The average Bonchev–Trinajstić information content (AvgIpc) is 2.88. The van der Waals surface area contributed by atoms with Crippen LogP contribution in [0, 0.1) is 5.82 Å². The second kappa shape index (κ2) is 4.17. The molecule has 1 aromatic carbocycles. The summed E-state index contributed by atoms with van der Waals surface area (Å²) in [6.07, 6.45) is 2.26. The van der Waals surface area contributed by atoms with E-state index in [1.807, 2.05) is 0 Å². The molecule has 2 heterocycles. The molecule has 3 rings (SSSR count). The van der Waals surface area contributed by atoms with Crippen LogP contribution >= 0.6 is 0 Å². The Bertz CT molecular complexity index is 616. The molecule has 18 heavy (non-hydrogen) atoms. The second-order valence-electron chi connectivity index (χ2n) is 4.78. The Balaban J connectivity index is 2.02. The lowest BCUT2D eigenvalue weighted by Gasteiger charge is -2.15. The number of sulfone groups is 1. The Hall–Kier alpha value is -1.20. The molecule has 96 valence electrons. The van der Waals surface area contributed by atoms with Gasteiger partial charge in [-0.2, -0.15) is 0 Å². The van der Waals surface area contributed by atoms with E-state index in [9.17, 15) is 12.8 Å². The summed E-state index contributed by atoms with van der Waals surface area (Å²) in [5.41, 5.74) is 0.856. The molecule has 3 nitrogen and oxygen atoms in total. The van der Waals surface area contributed by atoms with E-state index >= 15 is 0 Å². The Morgan fingerprint density at radius 1 is 1.22 bits per heavy atom. The molecule has 0 radical (unpaired) electrons. The predicted octanol–water partition coefficient (Wildman–Crippen LogP) is 2.05. The van der Waals surface area contributed by atoms with Crippen LogP contribution in [0.3, 0.4) is 0 Å². The van der Waals surface area contributed by atoms with Gasteiger partial charge in [0.15, 0.2) is 0 Å². The van der Waals surface area contributed by atoms with Gasteiger partial charge in [0.2, 0.25) is 9.84 Å². The minimum atomic E-state index is -3.45. The van der Waals surface area contributed by atoms with E-state index in [4.69, 9.17) is 0 Å². The zero-order chi connectivity index (χ0) is 12.8. The van der Waals surface area contributed by atoms with Crippen LogP contribution in [0.1, 0.15) is 18.4 Å². The highest BCUT2D eigenvalue weighted by Gasteiger charge is 2.30. The largest absolute Gasteiger partial charge is 0.299 e. The summed E-state index contributed by atoms with van der Waals surface area (Å²) in [6, 6.07) is 4.23. The summed E-state index contributed by atoms with van der Waals surface area (Å²) in [4.78, 5) is 2.28. The van der Waals surface area contributed by atoms with Gasteiger partial charge in [-0.15, -0.1) is 0 Å². The predicted molar refractivity (Wildman–Crippen MR) is 67.2 cm³/mol. The summed E-state index contributed by atoms with van der Waals surface area (Å²) in [5.74, 6) is -0.445. The van der Waals surface area contributed by atoms with E-state index in [0.29, 0.717) is 12.1 Å². The molecule has 0 atom stereocenters. The summed E-state index contributed by atoms with van der Waals surface area (Å²) in [6.45, 7) is 2.44. The summed E-state index contributed by atoms with van der Waals surface area (Å²) < 4.78 is 37.7. The van der Waals surface area contributed by atoms with E-state index in [1.54, 1.807) is 0 Å². The average molecular weight is 267 g/mol. The highest BCUT2D eigenvalue weighted by atomic mass is 32.2. The van der Waals surface area contributed by atoms with Gasteiger partial charge in [0, 0.05) is 17.5 Å². The Labute approximate surface area is 106 Å². The van der Waals surface area contributed by atoms with E-state index in [1.165, 1.54) is 23.6 Å². The first-order chi connectivity index (χ1) is 8.58. The summed E-state index contributed by atoms with van der Waals surface area (Å²) in [7, 11) is -3.45. The maximum Gasteiger partial charge on any atom is 0.200 e. The molecule has 0 bridgehead atoms. The van der Waals surface area contributed by atoms with Gasteiger partial charge in [0.05, 0.1) is 4.90 Å². The van der Waals surface area contributed by atoms with Gasteiger partial charge in [-0.05, 0) is 43.6 Å². The van der Waals surface area contributed by atoms with Crippen LogP contribution in [-0.2, 0) is 9.84 Å². The number of nitrogens with zero attached hydrogens (tertiary/aromatic N) is 1. The fourth-order valence-electron chi connectivity index (χ4n) is 2.66. The number of halogens is 1. The van der Waals surface area contributed by atoms with Gasteiger partial charge in [-0.25, -0.2) is 12.8 Å². The van der Waals surface area contributed by atoms with Crippen molar-refractivity contribution in [2.24, 2.45) is 0 Å². The number of hydrogen-bond acceptors (Lipinski definition) is 3. The van der Waals surface area contributed by atoms with Crippen molar-refractivity contribution in [2.75, 3.05) is 19.6 Å². The molecule has 1 saturated heterocycles. The lowest BCUT2D eigenvalue weighted by Crippen LogP contribution is -2.21. The molecule has 0 amide bonds. The third-order valence-electron chi connectivity index (χ3n) is 3.49. The molecule has 0 aliphatic carbocycles. The Kier molecular flexibility index (Phi) is 2.75. The van der Waals surface area contributed by atoms with E-state index < -0.39 is 15.7 Å². The van der Waals surface area contributed by atoms with E-state index in [-0.39, 0.29) is 10.5 Å². The maximum atomic E-state index is 13.8. The fourth-order valence-corrected chi connectivity index (χ4v) is 4.14. The lowest BCUT2D eigenvalue weighted by molar-refractivity contribution is 0.382. The monoisotopic (exact) mass is 267 g/mol. The van der Waals surface area contributed by atoms with Crippen molar-refractivity contribution in [1.29, 1.82) is 0 Å². The highest BCUT2D eigenvalue weighted by Crippen LogP contribution is 2.35. The van der Waals surface area contributed by atoms with Gasteiger partial charge in [-0.1, -0.05) is 6.07 Å². The van der Waals surface area contributed by atoms with Crippen molar-refractivity contribution in [3.63, 3.8) is 0 Å². The molecule has 1 fully saturated rings. The normalized spacial score (nSPS) is 21.9. The van der Waals surface area contributed by atoms with Gasteiger partial charge in [0.1, 0.15) is 5.82 Å². The Morgan fingerprint density at radius 3 is 2.67 bits per heavy atom. The Morgan fingerprint density at radius 2 is 1.94 bits per heavy atom. The first-order valence-electron chi connectivity index (χ1n) is 6.05. The van der Waals surface area contributed by atoms with Crippen LogP contribution in [0.4, 0.5) is 4.39 Å². The molecule has 1 aromatic rings. The number of benzene rings is 1. The minimum absolute atomic E-state index is 0.108. The maximum absolute atomic E-state index is 13.8. The van der Waals surface area contributed by atoms with Crippen LogP contribution in [0.2, 0.25) is 0 Å². The van der Waals surface area contributed by atoms with Gasteiger partial charge in [-0.3, -0.25) is 4.90 Å². The molecule has 5 heteroatoms. The van der Waals surface area contributed by atoms with Crippen LogP contribution in [0.5, 0.6) is 0 Å². The topological polar surface area (TPSA) is 37.4 Å². The smallest absolute Gasteiger partial charge is 0.200 e. The molecule has 2 aliphatic rings. The van der Waals surface area contributed by atoms with Crippen LogP contribution in [-0.4, -0.2) is 33.0 Å². The van der Waals surface area contributed by atoms with Crippen LogP contribution in [0.15, 0.2) is 28.5 Å². The fraction of sp³-hybridized carbons (Fsp3) is 0.385. The first-order valence-corrected chi connectivity index (χ1v) is 7.59. The van der Waals surface area contributed by atoms with Gasteiger partial charge in [0.25, 0.3) is 0 Å². The molecular weight excluding hydrogens is 253 g/mol. The van der Waals surface area contributed by atoms with Crippen LogP contribution < -0.4 is 0 Å². The van der Waals surface area contributed by atoms with Crippen molar-refractivity contribution in [2.45, 2.75) is 17.7 Å². The molecular formula is C13H14FNO2S. The zero-order valence-electron chi connectivity index (χ0n) is 9.89. The number of hydrogen-bond donors (Lipinski definition) is 0. The SMILES string of the molecule is O=S1(=O)C=C(CN2CCCC2)c2c(F)cccc21. The molecule has 0 saturated carbocycles. The highest BCUT2D eigenvalue weighted by molar-refractivity contribution is 7.95. The lowest BCUT2D eigenvalue weighted by atomic mass is 10.1. The standard InChI is InChI=1S/C13H14FNO2S/c14-11-4-3-5-12-13(11)10(9-18(12,16)17)8-15-6-1-2-7-15/h3-5,9H,1-2,6-8H2. The second-order valence-corrected chi connectivity index (χ2v) is 6.55. The molecule has 2 aliphatic heterocycles. The zero-order valence-corrected chi connectivity index (χ0v) is 10.7. The number of rotatable bonds is 2. The van der Waals surface area contributed by atoms with Gasteiger partial charge < -0.3 is 0 Å². The molecule has 0 unspecified atom stereocenters. The molecule has 0 spiro atoms. The van der Waals surface area contributed by atoms with Crippen molar-refractivity contribution >= 4 is 15.4 Å². The third-order valence-corrected chi connectivity index (χ3v) is 5.04. The third kappa shape index (κ3) is 1.87. The van der Waals surface area contributed by atoms with Crippen molar-refractivity contribution in [1.82, 2.24) is 4.90 Å². The summed E-state index contributed by atoms with van der Waals surface area (Å²) in [5, 5.41) is 1.22. The summed E-state index contributed by atoms with van der Waals surface area (Å²) >= 11 is 0.